The van der Waals surface area contributed by atoms with Crippen LogP contribution in [0.25, 0.3) is 0 Å². The molecule has 2 amide bonds. The molecule has 1 aromatic carbocycles. The monoisotopic (exact) mass is 442 g/mol. The number of nitrogens with zero attached hydrogens (tertiary/aromatic N) is 3. The normalized spacial score (nSPS) is 20.4. The molecule has 0 aliphatic carbocycles. The summed E-state index contributed by atoms with van der Waals surface area (Å²) in [6.07, 6.45) is 3.41. The molecule has 4 rings (SSSR count). The summed E-state index contributed by atoms with van der Waals surface area (Å²) in [5.41, 5.74) is 1.49. The standard InChI is InChI=1S/C20H18N4O4S2/c25-14(9-12-5-2-1-3-6-12)23-15-17(26)24-16(19(27)28)13(10-29-18(15)24)11-30-20-21-7-4-8-22-20/h1-8,15,18H,9-11H2,(H,23,25)(H,27,28)/t15?,18-/m0/s1. The van der Waals surface area contributed by atoms with Gasteiger partial charge in [-0.25, -0.2) is 14.8 Å². The number of aromatic nitrogens is 2. The maximum Gasteiger partial charge on any atom is 0.352 e. The Morgan fingerprint density at radius 3 is 2.63 bits per heavy atom. The zero-order chi connectivity index (χ0) is 21.1. The lowest BCUT2D eigenvalue weighted by Gasteiger charge is -2.49. The van der Waals surface area contributed by atoms with Crippen LogP contribution in [0.2, 0.25) is 0 Å². The maximum absolute atomic E-state index is 12.7. The minimum Gasteiger partial charge on any atom is -0.477 e. The van der Waals surface area contributed by atoms with Crippen molar-refractivity contribution in [3.8, 4) is 0 Å². The summed E-state index contributed by atoms with van der Waals surface area (Å²) in [6, 6.07) is 10.2. The van der Waals surface area contributed by atoms with Gasteiger partial charge < -0.3 is 10.4 Å². The largest absolute Gasteiger partial charge is 0.477 e. The Balaban J connectivity index is 1.43. The van der Waals surface area contributed by atoms with E-state index in [1.165, 1.54) is 28.4 Å². The molecule has 1 saturated heterocycles. The molecule has 8 nitrogen and oxygen atoms in total. The number of nitrogens with one attached hydrogen (secondary N) is 1. The first-order chi connectivity index (χ1) is 14.5. The maximum atomic E-state index is 12.7. The van der Waals surface area contributed by atoms with Crippen LogP contribution in [0, 0.1) is 0 Å². The average Bonchev–Trinajstić information content (AvgIpc) is 2.76. The van der Waals surface area contributed by atoms with Crippen molar-refractivity contribution in [1.29, 1.82) is 0 Å². The van der Waals surface area contributed by atoms with Crippen LogP contribution in [0.5, 0.6) is 0 Å². The van der Waals surface area contributed by atoms with Crippen LogP contribution in [-0.4, -0.2) is 60.7 Å². The highest BCUT2D eigenvalue weighted by atomic mass is 32.2. The Kier molecular flexibility index (Phi) is 6.05. The van der Waals surface area contributed by atoms with E-state index in [1.54, 1.807) is 18.5 Å². The van der Waals surface area contributed by atoms with Crippen molar-refractivity contribution in [3.63, 3.8) is 0 Å². The van der Waals surface area contributed by atoms with Crippen molar-refractivity contribution >= 4 is 41.3 Å². The Labute approximate surface area is 181 Å². The molecule has 0 spiro atoms. The number of carboxylic acids is 1. The third-order valence-electron chi connectivity index (χ3n) is 4.69. The first-order valence-corrected chi connectivity index (χ1v) is 11.2. The van der Waals surface area contributed by atoms with E-state index >= 15 is 0 Å². The van der Waals surface area contributed by atoms with Gasteiger partial charge in [0.25, 0.3) is 5.91 Å². The van der Waals surface area contributed by atoms with Crippen LogP contribution in [0.1, 0.15) is 5.56 Å². The fourth-order valence-electron chi connectivity index (χ4n) is 3.31. The molecule has 2 aromatic rings. The Morgan fingerprint density at radius 1 is 1.20 bits per heavy atom. The number of aliphatic carboxylic acids is 1. The van der Waals surface area contributed by atoms with Gasteiger partial charge in [0.2, 0.25) is 5.91 Å². The van der Waals surface area contributed by atoms with Crippen LogP contribution < -0.4 is 5.32 Å². The Morgan fingerprint density at radius 2 is 1.93 bits per heavy atom. The lowest BCUT2D eigenvalue weighted by atomic mass is 10.0. The number of rotatable bonds is 7. The SMILES string of the molecule is O=C(Cc1ccccc1)NC1C(=O)N2C(C(=O)O)=C(CSc3ncccn3)CS[C@@H]12. The van der Waals surface area contributed by atoms with Gasteiger partial charge in [-0.3, -0.25) is 14.5 Å². The molecule has 2 aliphatic rings. The quantitative estimate of drug-likeness (QED) is 0.377. The van der Waals surface area contributed by atoms with Gasteiger partial charge in [-0.1, -0.05) is 42.1 Å². The van der Waals surface area contributed by atoms with E-state index in [9.17, 15) is 19.5 Å². The molecule has 3 heterocycles. The summed E-state index contributed by atoms with van der Waals surface area (Å²) in [6.45, 7) is 0. The second-order valence-electron chi connectivity index (χ2n) is 6.69. The van der Waals surface area contributed by atoms with Gasteiger partial charge in [0, 0.05) is 23.9 Å². The number of hydrogen-bond donors (Lipinski definition) is 2. The van der Waals surface area contributed by atoms with Crippen LogP contribution in [0.15, 0.2) is 65.2 Å². The van der Waals surface area contributed by atoms with Gasteiger partial charge in [0.1, 0.15) is 17.1 Å². The molecule has 1 fully saturated rings. The van der Waals surface area contributed by atoms with Gasteiger partial charge in [-0.15, -0.1) is 11.8 Å². The van der Waals surface area contributed by atoms with E-state index in [1.807, 2.05) is 30.3 Å². The summed E-state index contributed by atoms with van der Waals surface area (Å²) in [4.78, 5) is 46.4. The van der Waals surface area contributed by atoms with E-state index in [0.717, 1.165) is 5.56 Å². The molecule has 2 N–H and O–H groups in total. The van der Waals surface area contributed by atoms with Crippen molar-refractivity contribution in [1.82, 2.24) is 20.2 Å². The van der Waals surface area contributed by atoms with E-state index in [2.05, 4.69) is 15.3 Å². The molecule has 30 heavy (non-hydrogen) atoms. The van der Waals surface area contributed by atoms with Crippen LogP contribution in [0.4, 0.5) is 0 Å². The van der Waals surface area contributed by atoms with E-state index in [4.69, 9.17) is 0 Å². The van der Waals surface area contributed by atoms with Gasteiger partial charge in [-0.05, 0) is 17.2 Å². The van der Waals surface area contributed by atoms with Crippen molar-refractivity contribution < 1.29 is 19.5 Å². The average molecular weight is 443 g/mol. The van der Waals surface area contributed by atoms with Gasteiger partial charge in [0.15, 0.2) is 5.16 Å². The number of hydrogen-bond acceptors (Lipinski definition) is 7. The highest BCUT2D eigenvalue weighted by Crippen LogP contribution is 2.41. The molecule has 0 radical (unpaired) electrons. The lowest BCUT2D eigenvalue weighted by molar-refractivity contribution is -0.150. The van der Waals surface area contributed by atoms with Crippen molar-refractivity contribution in [2.45, 2.75) is 23.0 Å². The third kappa shape index (κ3) is 4.19. The molecule has 0 saturated carbocycles. The fraction of sp³-hybridized carbons (Fsp3) is 0.250. The number of carbonyl (C=O) groups excluding carboxylic acids is 2. The number of benzene rings is 1. The number of carboxylic acid groups (broad SMARTS) is 1. The minimum absolute atomic E-state index is 0.000685. The number of β-lactam (4-membered cyclic amide) rings is 1. The molecular formula is C20H18N4O4S2. The molecular weight excluding hydrogens is 424 g/mol. The number of fused-ring (bicyclic) bond motifs is 1. The van der Waals surface area contributed by atoms with Gasteiger partial charge >= 0.3 is 5.97 Å². The van der Waals surface area contributed by atoms with Crippen molar-refractivity contribution in [2.24, 2.45) is 0 Å². The second kappa shape index (κ2) is 8.88. The Hall–Kier alpha value is -2.85. The summed E-state index contributed by atoms with van der Waals surface area (Å²) >= 11 is 2.78. The van der Waals surface area contributed by atoms with E-state index in [0.29, 0.717) is 22.2 Å². The van der Waals surface area contributed by atoms with Crippen molar-refractivity contribution in [2.75, 3.05) is 11.5 Å². The van der Waals surface area contributed by atoms with Crippen molar-refractivity contribution in [3.05, 3.63) is 65.6 Å². The molecule has 154 valence electrons. The minimum atomic E-state index is -1.15. The first kappa shape index (κ1) is 20.4. The fourth-order valence-corrected chi connectivity index (χ4v) is 5.60. The van der Waals surface area contributed by atoms with Gasteiger partial charge in [0.05, 0.1) is 6.42 Å². The number of thioether (sulfide) groups is 2. The first-order valence-electron chi connectivity index (χ1n) is 9.17. The zero-order valence-electron chi connectivity index (χ0n) is 15.7. The molecule has 10 heteroatoms. The van der Waals surface area contributed by atoms with Gasteiger partial charge in [-0.2, -0.15) is 0 Å². The summed E-state index contributed by atoms with van der Waals surface area (Å²) in [7, 11) is 0. The molecule has 1 unspecified atom stereocenters. The van der Waals surface area contributed by atoms with E-state index in [-0.39, 0.29) is 18.0 Å². The molecule has 2 aliphatic heterocycles. The third-order valence-corrected chi connectivity index (χ3v) is 6.99. The predicted molar refractivity (Wildman–Crippen MR) is 113 cm³/mol. The Bertz CT molecular complexity index is 1000. The number of carbonyl (C=O) groups is 3. The zero-order valence-corrected chi connectivity index (χ0v) is 17.4. The second-order valence-corrected chi connectivity index (χ2v) is 8.74. The van der Waals surface area contributed by atoms with Crippen LogP contribution in [-0.2, 0) is 20.8 Å². The number of amides is 2. The topological polar surface area (TPSA) is 112 Å². The lowest BCUT2D eigenvalue weighted by Crippen LogP contribution is -2.70. The highest BCUT2D eigenvalue weighted by Gasteiger charge is 2.54. The van der Waals surface area contributed by atoms with Crippen LogP contribution >= 0.6 is 23.5 Å². The van der Waals surface area contributed by atoms with E-state index < -0.39 is 23.3 Å². The summed E-state index contributed by atoms with van der Waals surface area (Å²) in [5.74, 6) is -0.971. The smallest absolute Gasteiger partial charge is 0.352 e. The summed E-state index contributed by atoms with van der Waals surface area (Å²) < 4.78 is 0. The predicted octanol–water partition coefficient (Wildman–Crippen LogP) is 1.55. The molecule has 1 aromatic heterocycles. The molecule has 0 bridgehead atoms. The van der Waals surface area contributed by atoms with Crippen LogP contribution in [0.3, 0.4) is 0 Å². The summed E-state index contributed by atoms with van der Waals surface area (Å²) in [5, 5.41) is 12.6. The molecule has 2 atom stereocenters. The highest BCUT2D eigenvalue weighted by molar-refractivity contribution is 8.01.